The van der Waals surface area contributed by atoms with Crippen molar-refractivity contribution in [1.29, 1.82) is 0 Å². The summed E-state index contributed by atoms with van der Waals surface area (Å²) in [5, 5.41) is 6.06. The second-order valence-electron chi connectivity index (χ2n) is 6.77. The standard InChI is InChI=1S/C18H25N3O2/c1-13-4-8-15(9-5-13)19-17(22)12-21-10-2-3-16(11-21)20-18(23)14-6-7-14/h4-5,8-9,14,16H,2-3,6-7,10-12H2,1H3,(H,19,22)(H,20,23). The quantitative estimate of drug-likeness (QED) is 0.873. The van der Waals surface area contributed by atoms with E-state index in [2.05, 4.69) is 15.5 Å². The van der Waals surface area contributed by atoms with Crippen molar-refractivity contribution in [2.75, 3.05) is 25.0 Å². The first-order valence-electron chi connectivity index (χ1n) is 8.49. The number of amides is 2. The van der Waals surface area contributed by atoms with Crippen molar-refractivity contribution in [1.82, 2.24) is 10.2 Å². The van der Waals surface area contributed by atoms with Crippen LogP contribution in [-0.2, 0) is 9.59 Å². The fraction of sp³-hybridized carbons (Fsp3) is 0.556. The zero-order valence-corrected chi connectivity index (χ0v) is 13.7. The van der Waals surface area contributed by atoms with E-state index < -0.39 is 0 Å². The largest absolute Gasteiger partial charge is 0.352 e. The summed E-state index contributed by atoms with van der Waals surface area (Å²) < 4.78 is 0. The number of anilines is 1. The Morgan fingerprint density at radius 3 is 2.61 bits per heavy atom. The summed E-state index contributed by atoms with van der Waals surface area (Å²) in [5.74, 6) is 0.444. The molecular formula is C18H25N3O2. The van der Waals surface area contributed by atoms with Gasteiger partial charge in [-0.1, -0.05) is 17.7 Å². The van der Waals surface area contributed by atoms with Gasteiger partial charge in [-0.15, -0.1) is 0 Å². The van der Waals surface area contributed by atoms with Gasteiger partial charge in [0.15, 0.2) is 0 Å². The summed E-state index contributed by atoms with van der Waals surface area (Å²) >= 11 is 0. The summed E-state index contributed by atoms with van der Waals surface area (Å²) in [4.78, 5) is 26.2. The molecule has 2 N–H and O–H groups in total. The summed E-state index contributed by atoms with van der Waals surface area (Å²) in [6.45, 7) is 4.08. The number of aryl methyl sites for hydroxylation is 1. The third-order valence-corrected chi connectivity index (χ3v) is 4.50. The molecular weight excluding hydrogens is 290 g/mol. The van der Waals surface area contributed by atoms with Crippen LogP contribution in [0.2, 0.25) is 0 Å². The molecule has 0 aromatic heterocycles. The smallest absolute Gasteiger partial charge is 0.238 e. The molecule has 1 saturated heterocycles. The lowest BCUT2D eigenvalue weighted by Gasteiger charge is -2.32. The topological polar surface area (TPSA) is 61.4 Å². The van der Waals surface area contributed by atoms with Crippen molar-refractivity contribution in [3.05, 3.63) is 29.8 Å². The van der Waals surface area contributed by atoms with Gasteiger partial charge in [0.2, 0.25) is 11.8 Å². The van der Waals surface area contributed by atoms with E-state index in [4.69, 9.17) is 0 Å². The molecule has 1 aliphatic carbocycles. The van der Waals surface area contributed by atoms with Gasteiger partial charge < -0.3 is 10.6 Å². The van der Waals surface area contributed by atoms with E-state index in [1.807, 2.05) is 31.2 Å². The van der Waals surface area contributed by atoms with Crippen LogP contribution in [0.1, 0.15) is 31.2 Å². The zero-order chi connectivity index (χ0) is 16.2. The maximum atomic E-state index is 12.2. The fourth-order valence-corrected chi connectivity index (χ4v) is 3.02. The lowest BCUT2D eigenvalue weighted by molar-refractivity contribution is -0.123. The number of hydrogen-bond acceptors (Lipinski definition) is 3. The molecule has 1 atom stereocenters. The van der Waals surface area contributed by atoms with Gasteiger partial charge in [0.25, 0.3) is 0 Å². The van der Waals surface area contributed by atoms with Gasteiger partial charge in [-0.3, -0.25) is 14.5 Å². The van der Waals surface area contributed by atoms with Gasteiger partial charge in [0.05, 0.1) is 6.54 Å². The molecule has 124 valence electrons. The molecule has 1 unspecified atom stereocenters. The molecule has 2 aliphatic rings. The summed E-state index contributed by atoms with van der Waals surface area (Å²) in [5.41, 5.74) is 2.00. The predicted molar refractivity (Wildman–Crippen MR) is 90.1 cm³/mol. The highest BCUT2D eigenvalue weighted by molar-refractivity contribution is 5.92. The molecule has 5 nitrogen and oxygen atoms in total. The minimum Gasteiger partial charge on any atom is -0.352 e. The van der Waals surface area contributed by atoms with Crippen molar-refractivity contribution in [3.8, 4) is 0 Å². The zero-order valence-electron chi connectivity index (χ0n) is 13.7. The Balaban J connectivity index is 1.45. The van der Waals surface area contributed by atoms with Crippen molar-refractivity contribution in [3.63, 3.8) is 0 Å². The highest BCUT2D eigenvalue weighted by Crippen LogP contribution is 2.29. The van der Waals surface area contributed by atoms with Crippen LogP contribution in [0.3, 0.4) is 0 Å². The molecule has 1 aromatic carbocycles. The molecule has 2 fully saturated rings. The highest BCUT2D eigenvalue weighted by Gasteiger charge is 2.32. The van der Waals surface area contributed by atoms with E-state index >= 15 is 0 Å². The molecule has 1 aliphatic heterocycles. The molecule has 1 saturated carbocycles. The van der Waals surface area contributed by atoms with Gasteiger partial charge in [-0.25, -0.2) is 0 Å². The van der Waals surface area contributed by atoms with E-state index in [9.17, 15) is 9.59 Å². The number of carbonyl (C=O) groups excluding carboxylic acids is 2. The van der Waals surface area contributed by atoms with E-state index in [-0.39, 0.29) is 23.8 Å². The predicted octanol–water partition coefficient (Wildman–Crippen LogP) is 1.92. The van der Waals surface area contributed by atoms with Crippen LogP contribution in [0, 0.1) is 12.8 Å². The lowest BCUT2D eigenvalue weighted by Crippen LogP contribution is -2.49. The van der Waals surface area contributed by atoms with Crippen LogP contribution < -0.4 is 10.6 Å². The first-order valence-corrected chi connectivity index (χ1v) is 8.49. The van der Waals surface area contributed by atoms with Crippen LogP contribution in [0.5, 0.6) is 0 Å². The van der Waals surface area contributed by atoms with Crippen molar-refractivity contribution < 1.29 is 9.59 Å². The van der Waals surface area contributed by atoms with Gasteiger partial charge in [0.1, 0.15) is 0 Å². The molecule has 5 heteroatoms. The molecule has 3 rings (SSSR count). The number of piperidine rings is 1. The first kappa shape index (κ1) is 16.0. The molecule has 0 bridgehead atoms. The van der Waals surface area contributed by atoms with Crippen molar-refractivity contribution in [2.24, 2.45) is 5.92 Å². The normalized spacial score (nSPS) is 21.7. The SMILES string of the molecule is Cc1ccc(NC(=O)CN2CCCC(NC(=O)C3CC3)C2)cc1. The number of nitrogens with zero attached hydrogens (tertiary/aromatic N) is 1. The monoisotopic (exact) mass is 315 g/mol. The Morgan fingerprint density at radius 1 is 1.17 bits per heavy atom. The number of benzene rings is 1. The van der Waals surface area contributed by atoms with Gasteiger partial charge in [-0.05, 0) is 51.3 Å². The fourth-order valence-electron chi connectivity index (χ4n) is 3.02. The van der Waals surface area contributed by atoms with Crippen LogP contribution >= 0.6 is 0 Å². The number of rotatable bonds is 5. The molecule has 0 radical (unpaired) electrons. The van der Waals surface area contributed by atoms with Crippen molar-refractivity contribution >= 4 is 17.5 Å². The molecule has 1 heterocycles. The third-order valence-electron chi connectivity index (χ3n) is 4.50. The highest BCUT2D eigenvalue weighted by atomic mass is 16.2. The van der Waals surface area contributed by atoms with Crippen LogP contribution in [0.25, 0.3) is 0 Å². The van der Waals surface area contributed by atoms with Crippen LogP contribution in [0.15, 0.2) is 24.3 Å². The summed E-state index contributed by atoms with van der Waals surface area (Å²) in [7, 11) is 0. The third kappa shape index (κ3) is 4.79. The molecule has 1 aromatic rings. The van der Waals surface area contributed by atoms with E-state index in [1.165, 1.54) is 5.56 Å². The number of nitrogens with one attached hydrogen (secondary N) is 2. The number of likely N-dealkylation sites (tertiary alicyclic amines) is 1. The Bertz CT molecular complexity index is 566. The van der Waals surface area contributed by atoms with Gasteiger partial charge in [-0.2, -0.15) is 0 Å². The average Bonchev–Trinajstić information content (AvgIpc) is 3.35. The molecule has 2 amide bonds. The minimum atomic E-state index is 0.00280. The van der Waals surface area contributed by atoms with E-state index in [0.29, 0.717) is 6.54 Å². The maximum Gasteiger partial charge on any atom is 0.238 e. The average molecular weight is 315 g/mol. The Morgan fingerprint density at radius 2 is 1.91 bits per heavy atom. The number of hydrogen-bond donors (Lipinski definition) is 2. The first-order chi connectivity index (χ1) is 11.1. The summed E-state index contributed by atoms with van der Waals surface area (Å²) in [6, 6.07) is 7.99. The van der Waals surface area contributed by atoms with Gasteiger partial charge >= 0.3 is 0 Å². The lowest BCUT2D eigenvalue weighted by atomic mass is 10.1. The minimum absolute atomic E-state index is 0.00280. The van der Waals surface area contributed by atoms with E-state index in [1.54, 1.807) is 0 Å². The number of carbonyl (C=O) groups is 2. The van der Waals surface area contributed by atoms with Crippen LogP contribution in [0.4, 0.5) is 5.69 Å². The second-order valence-corrected chi connectivity index (χ2v) is 6.77. The Labute approximate surface area is 137 Å². The Kier molecular flexibility index (Phi) is 4.96. The second kappa shape index (κ2) is 7.13. The summed E-state index contributed by atoms with van der Waals surface area (Å²) in [6.07, 6.45) is 4.09. The van der Waals surface area contributed by atoms with E-state index in [0.717, 1.165) is 44.5 Å². The molecule has 0 spiro atoms. The Hall–Kier alpha value is -1.88. The van der Waals surface area contributed by atoms with Crippen molar-refractivity contribution in [2.45, 2.75) is 38.6 Å². The van der Waals surface area contributed by atoms with Crippen LogP contribution in [-0.4, -0.2) is 42.4 Å². The molecule has 23 heavy (non-hydrogen) atoms. The maximum absolute atomic E-state index is 12.2. The van der Waals surface area contributed by atoms with Gasteiger partial charge in [0, 0.05) is 24.2 Å².